The minimum Gasteiger partial charge on any atom is -0.496 e. The van der Waals surface area contributed by atoms with Gasteiger partial charge in [0.15, 0.2) is 0 Å². The van der Waals surface area contributed by atoms with E-state index in [1.807, 2.05) is 24.3 Å². The maximum atomic E-state index is 12.8. The second kappa shape index (κ2) is 9.65. The van der Waals surface area contributed by atoms with Crippen LogP contribution in [0, 0.1) is 0 Å². The molecule has 0 saturated heterocycles. The van der Waals surface area contributed by atoms with Crippen molar-refractivity contribution < 1.29 is 9.53 Å². The fraction of sp³-hybridized carbons (Fsp3) is 0.217. The van der Waals surface area contributed by atoms with Gasteiger partial charge < -0.3 is 10.1 Å². The SMILES string of the molecule is COc1ccccc1CNC(=O)CCCc1nnc2c(=O)n(-c3ccc(Cl)cc3)ccn12. The van der Waals surface area contributed by atoms with Gasteiger partial charge in [-0.05, 0) is 36.8 Å². The van der Waals surface area contributed by atoms with Gasteiger partial charge in [-0.2, -0.15) is 0 Å². The molecule has 4 rings (SSSR count). The number of hydrogen-bond donors (Lipinski definition) is 1. The summed E-state index contributed by atoms with van der Waals surface area (Å²) in [6.45, 7) is 0.404. The molecular weight excluding hydrogens is 430 g/mol. The number of carbonyl (C=O) groups is 1. The largest absolute Gasteiger partial charge is 0.496 e. The molecule has 9 heteroatoms. The summed E-state index contributed by atoms with van der Waals surface area (Å²) >= 11 is 5.92. The molecule has 8 nitrogen and oxygen atoms in total. The number of benzene rings is 2. The zero-order chi connectivity index (χ0) is 22.5. The van der Waals surface area contributed by atoms with Gasteiger partial charge in [0.2, 0.25) is 11.6 Å². The molecule has 0 fully saturated rings. The Hall–Kier alpha value is -3.65. The maximum Gasteiger partial charge on any atom is 0.300 e. The molecule has 1 amide bonds. The molecule has 4 aromatic rings. The summed E-state index contributed by atoms with van der Waals surface area (Å²) in [5.41, 5.74) is 1.57. The van der Waals surface area contributed by atoms with Gasteiger partial charge in [0.25, 0.3) is 0 Å². The lowest BCUT2D eigenvalue weighted by Crippen LogP contribution is -2.23. The molecule has 32 heavy (non-hydrogen) atoms. The molecule has 0 aliphatic heterocycles. The van der Waals surface area contributed by atoms with Crippen LogP contribution in [0.1, 0.15) is 24.2 Å². The molecule has 2 aromatic heterocycles. The van der Waals surface area contributed by atoms with Crippen LogP contribution in [0.3, 0.4) is 0 Å². The van der Waals surface area contributed by atoms with Gasteiger partial charge >= 0.3 is 5.56 Å². The van der Waals surface area contributed by atoms with Crippen molar-refractivity contribution in [2.45, 2.75) is 25.8 Å². The number of nitrogens with one attached hydrogen (secondary N) is 1. The van der Waals surface area contributed by atoms with E-state index in [0.717, 1.165) is 11.3 Å². The summed E-state index contributed by atoms with van der Waals surface area (Å²) in [5.74, 6) is 1.32. The normalized spacial score (nSPS) is 10.9. The first-order chi connectivity index (χ1) is 15.6. The molecule has 0 radical (unpaired) electrons. The van der Waals surface area contributed by atoms with E-state index in [0.29, 0.717) is 42.3 Å². The van der Waals surface area contributed by atoms with Gasteiger partial charge in [-0.1, -0.05) is 29.8 Å². The lowest BCUT2D eigenvalue weighted by molar-refractivity contribution is -0.121. The summed E-state index contributed by atoms with van der Waals surface area (Å²) in [6, 6.07) is 14.5. The number of carbonyl (C=O) groups excluding carboxylic acids is 1. The zero-order valence-electron chi connectivity index (χ0n) is 17.5. The van der Waals surface area contributed by atoms with Crippen LogP contribution in [-0.4, -0.2) is 32.2 Å². The number of para-hydroxylation sites is 1. The molecule has 164 valence electrons. The van der Waals surface area contributed by atoms with Crippen molar-refractivity contribution in [2.75, 3.05) is 7.11 Å². The lowest BCUT2D eigenvalue weighted by atomic mass is 10.2. The standard InChI is InChI=1S/C23H22ClN5O3/c1-32-19-6-3-2-5-16(19)15-25-21(30)8-4-7-20-26-27-22-23(31)28(13-14-29(20)22)18-11-9-17(24)10-12-18/h2-3,5-6,9-14H,4,7-8,15H2,1H3,(H,25,30). The van der Waals surface area contributed by atoms with Gasteiger partial charge in [-0.25, -0.2) is 0 Å². The van der Waals surface area contributed by atoms with Gasteiger partial charge in [-0.3, -0.25) is 18.6 Å². The predicted octanol–water partition coefficient (Wildman–Crippen LogP) is 3.18. The number of halogens is 1. The van der Waals surface area contributed by atoms with Crippen LogP contribution in [0.5, 0.6) is 5.75 Å². The molecule has 1 N–H and O–H groups in total. The van der Waals surface area contributed by atoms with E-state index < -0.39 is 0 Å². The van der Waals surface area contributed by atoms with Gasteiger partial charge in [0, 0.05) is 48.1 Å². The Morgan fingerprint density at radius 1 is 1.09 bits per heavy atom. The topological polar surface area (TPSA) is 90.5 Å². The highest BCUT2D eigenvalue weighted by Gasteiger charge is 2.12. The number of aryl methyl sites for hydroxylation is 1. The molecule has 0 saturated carbocycles. The summed E-state index contributed by atoms with van der Waals surface area (Å²) in [4.78, 5) is 25.0. The molecule has 0 atom stereocenters. The third kappa shape index (κ3) is 4.65. The zero-order valence-corrected chi connectivity index (χ0v) is 18.2. The van der Waals surface area contributed by atoms with E-state index in [2.05, 4.69) is 15.5 Å². The molecule has 0 aliphatic carbocycles. The average molecular weight is 452 g/mol. The second-order valence-electron chi connectivity index (χ2n) is 7.20. The molecular formula is C23H22ClN5O3. The van der Waals surface area contributed by atoms with Gasteiger partial charge in [0.1, 0.15) is 11.6 Å². The minimum absolute atomic E-state index is 0.0604. The van der Waals surface area contributed by atoms with Gasteiger partial charge in [0.05, 0.1) is 7.11 Å². The Labute approximate surface area is 189 Å². The number of rotatable bonds is 8. The smallest absolute Gasteiger partial charge is 0.300 e. The molecule has 0 aliphatic rings. The summed E-state index contributed by atoms with van der Waals surface area (Å²) in [5, 5.41) is 11.7. The van der Waals surface area contributed by atoms with Crippen molar-refractivity contribution in [1.82, 2.24) is 24.5 Å². The Kier molecular flexibility index (Phi) is 6.51. The monoisotopic (exact) mass is 451 g/mol. The van der Waals surface area contributed by atoms with Gasteiger partial charge in [-0.15, -0.1) is 10.2 Å². The number of fused-ring (bicyclic) bond motifs is 1. The van der Waals surface area contributed by atoms with E-state index >= 15 is 0 Å². The molecule has 2 heterocycles. The highest BCUT2D eigenvalue weighted by atomic mass is 35.5. The number of ether oxygens (including phenoxy) is 1. The van der Waals surface area contributed by atoms with Crippen molar-refractivity contribution in [1.29, 1.82) is 0 Å². The van der Waals surface area contributed by atoms with Crippen molar-refractivity contribution >= 4 is 23.2 Å². The molecule has 0 bridgehead atoms. The highest BCUT2D eigenvalue weighted by molar-refractivity contribution is 6.30. The Balaban J connectivity index is 1.37. The highest BCUT2D eigenvalue weighted by Crippen LogP contribution is 2.17. The Morgan fingerprint density at radius 2 is 1.88 bits per heavy atom. The van der Waals surface area contributed by atoms with Crippen LogP contribution in [-0.2, 0) is 17.8 Å². The number of hydrogen-bond acceptors (Lipinski definition) is 5. The average Bonchev–Trinajstić information content (AvgIpc) is 3.23. The lowest BCUT2D eigenvalue weighted by Gasteiger charge is -2.09. The predicted molar refractivity (Wildman–Crippen MR) is 121 cm³/mol. The van der Waals surface area contributed by atoms with Crippen LogP contribution in [0.25, 0.3) is 11.3 Å². The molecule has 2 aromatic carbocycles. The summed E-state index contributed by atoms with van der Waals surface area (Å²) < 4.78 is 8.46. The maximum absolute atomic E-state index is 12.8. The third-order valence-corrected chi connectivity index (χ3v) is 5.37. The van der Waals surface area contributed by atoms with Crippen molar-refractivity contribution in [2.24, 2.45) is 0 Å². The molecule has 0 unspecified atom stereocenters. The van der Waals surface area contributed by atoms with Crippen molar-refractivity contribution in [3.05, 3.63) is 87.7 Å². The fourth-order valence-corrected chi connectivity index (χ4v) is 3.57. The van der Waals surface area contributed by atoms with E-state index in [9.17, 15) is 9.59 Å². The van der Waals surface area contributed by atoms with Crippen molar-refractivity contribution in [3.63, 3.8) is 0 Å². The van der Waals surface area contributed by atoms with Crippen molar-refractivity contribution in [3.8, 4) is 11.4 Å². The van der Waals surface area contributed by atoms with E-state index in [4.69, 9.17) is 16.3 Å². The van der Waals surface area contributed by atoms with Crippen LogP contribution in [0.2, 0.25) is 5.02 Å². The second-order valence-corrected chi connectivity index (χ2v) is 7.64. The third-order valence-electron chi connectivity index (χ3n) is 5.12. The van der Waals surface area contributed by atoms with Crippen LogP contribution < -0.4 is 15.6 Å². The van der Waals surface area contributed by atoms with Crippen LogP contribution in [0.15, 0.2) is 65.7 Å². The van der Waals surface area contributed by atoms with Crippen LogP contribution >= 0.6 is 11.6 Å². The Morgan fingerprint density at radius 3 is 2.66 bits per heavy atom. The number of amides is 1. The summed E-state index contributed by atoms with van der Waals surface area (Å²) in [6.07, 6.45) is 4.87. The first-order valence-corrected chi connectivity index (χ1v) is 10.5. The number of methoxy groups -OCH3 is 1. The first kappa shape index (κ1) is 21.6. The van der Waals surface area contributed by atoms with E-state index in [1.165, 1.54) is 4.57 Å². The van der Waals surface area contributed by atoms with E-state index in [-0.39, 0.29) is 17.1 Å². The fourth-order valence-electron chi connectivity index (χ4n) is 3.45. The quantitative estimate of drug-likeness (QED) is 0.444. The van der Waals surface area contributed by atoms with Crippen LogP contribution in [0.4, 0.5) is 0 Å². The Bertz CT molecular complexity index is 1300. The number of aromatic nitrogens is 4. The minimum atomic E-state index is -0.275. The number of nitrogens with zero attached hydrogens (tertiary/aromatic N) is 4. The van der Waals surface area contributed by atoms with E-state index in [1.54, 1.807) is 48.2 Å². The molecule has 0 spiro atoms. The summed E-state index contributed by atoms with van der Waals surface area (Å²) in [7, 11) is 1.60. The first-order valence-electron chi connectivity index (χ1n) is 10.2.